The Morgan fingerprint density at radius 2 is 2.05 bits per heavy atom. The third kappa shape index (κ3) is 2.22. The van der Waals surface area contributed by atoms with E-state index in [2.05, 4.69) is 25.9 Å². The molecule has 0 radical (unpaired) electrons. The van der Waals surface area contributed by atoms with Crippen LogP contribution in [0.25, 0.3) is 22.4 Å². The standard InChI is InChI=1S/C14H11BrClN3/c1-7-2-3-8(15)4-10(7)14-18-12-6-9(16)5-11(17)13(12)19-14/h2-6H,17H2,1H3,(H,18,19). The van der Waals surface area contributed by atoms with Gasteiger partial charge < -0.3 is 10.7 Å². The monoisotopic (exact) mass is 335 g/mol. The summed E-state index contributed by atoms with van der Waals surface area (Å²) in [5, 5.41) is 0.603. The number of aromatic nitrogens is 2. The first-order valence-electron chi connectivity index (χ1n) is 5.76. The van der Waals surface area contributed by atoms with Gasteiger partial charge in [0.2, 0.25) is 0 Å². The van der Waals surface area contributed by atoms with Crippen LogP contribution in [0.15, 0.2) is 34.8 Å². The molecule has 0 aliphatic rings. The summed E-state index contributed by atoms with van der Waals surface area (Å²) in [5.74, 6) is 0.794. The van der Waals surface area contributed by atoms with Crippen molar-refractivity contribution in [2.75, 3.05) is 5.73 Å². The zero-order chi connectivity index (χ0) is 13.6. The highest BCUT2D eigenvalue weighted by Gasteiger charge is 2.11. The van der Waals surface area contributed by atoms with Crippen molar-refractivity contribution in [3.05, 3.63) is 45.4 Å². The van der Waals surface area contributed by atoms with Gasteiger partial charge in [0.1, 0.15) is 11.3 Å². The normalized spacial score (nSPS) is 11.1. The van der Waals surface area contributed by atoms with Crippen LogP contribution >= 0.6 is 27.5 Å². The number of nitrogens with two attached hydrogens (primary N) is 1. The largest absolute Gasteiger partial charge is 0.397 e. The first kappa shape index (κ1) is 12.5. The number of halogens is 2. The molecule has 0 aliphatic heterocycles. The van der Waals surface area contributed by atoms with E-state index < -0.39 is 0 Å². The number of rotatable bonds is 1. The summed E-state index contributed by atoms with van der Waals surface area (Å²) in [5.41, 5.74) is 10.3. The molecule has 0 amide bonds. The van der Waals surface area contributed by atoms with Crippen molar-refractivity contribution in [1.29, 1.82) is 0 Å². The number of nitrogen functional groups attached to an aromatic ring is 1. The predicted molar refractivity (Wildman–Crippen MR) is 83.4 cm³/mol. The SMILES string of the molecule is Cc1ccc(Br)cc1-c1nc2c(N)cc(Cl)cc2[nH]1. The first-order chi connectivity index (χ1) is 9.04. The van der Waals surface area contributed by atoms with Gasteiger partial charge in [-0.1, -0.05) is 33.6 Å². The van der Waals surface area contributed by atoms with Crippen LogP contribution in [0.2, 0.25) is 5.02 Å². The van der Waals surface area contributed by atoms with Gasteiger partial charge in [-0.15, -0.1) is 0 Å². The maximum Gasteiger partial charge on any atom is 0.138 e. The summed E-state index contributed by atoms with van der Waals surface area (Å²) in [7, 11) is 0. The topological polar surface area (TPSA) is 54.7 Å². The summed E-state index contributed by atoms with van der Waals surface area (Å²) in [4.78, 5) is 7.83. The fourth-order valence-corrected chi connectivity index (χ4v) is 2.67. The van der Waals surface area contributed by atoms with Crippen molar-refractivity contribution in [2.24, 2.45) is 0 Å². The van der Waals surface area contributed by atoms with Gasteiger partial charge in [0.25, 0.3) is 0 Å². The molecular weight excluding hydrogens is 326 g/mol. The Morgan fingerprint density at radius 3 is 2.84 bits per heavy atom. The molecule has 1 heterocycles. The van der Waals surface area contributed by atoms with Gasteiger partial charge in [0.05, 0.1) is 11.2 Å². The molecule has 0 spiro atoms. The second kappa shape index (κ2) is 4.54. The van der Waals surface area contributed by atoms with Crippen LogP contribution in [0.3, 0.4) is 0 Å². The second-order valence-electron chi connectivity index (χ2n) is 4.44. The maximum absolute atomic E-state index is 6.00. The number of benzene rings is 2. The lowest BCUT2D eigenvalue weighted by atomic mass is 10.1. The van der Waals surface area contributed by atoms with Gasteiger partial charge in [-0.2, -0.15) is 0 Å². The van der Waals surface area contributed by atoms with Crippen LogP contribution in [0, 0.1) is 6.92 Å². The molecule has 96 valence electrons. The summed E-state index contributed by atoms with van der Waals surface area (Å²) in [6.45, 7) is 2.05. The minimum atomic E-state index is 0.581. The molecule has 19 heavy (non-hydrogen) atoms. The number of nitrogens with zero attached hydrogens (tertiary/aromatic N) is 1. The second-order valence-corrected chi connectivity index (χ2v) is 5.79. The van der Waals surface area contributed by atoms with E-state index in [9.17, 15) is 0 Å². The van der Waals surface area contributed by atoms with E-state index in [4.69, 9.17) is 17.3 Å². The number of anilines is 1. The Labute approximate surface area is 123 Å². The fourth-order valence-electron chi connectivity index (χ4n) is 2.08. The molecule has 0 unspecified atom stereocenters. The summed E-state index contributed by atoms with van der Waals surface area (Å²) < 4.78 is 1.01. The number of imidazole rings is 1. The third-order valence-corrected chi connectivity index (χ3v) is 3.75. The molecule has 3 rings (SSSR count). The van der Waals surface area contributed by atoms with E-state index in [-0.39, 0.29) is 0 Å². The minimum Gasteiger partial charge on any atom is -0.397 e. The highest BCUT2D eigenvalue weighted by atomic mass is 79.9. The smallest absolute Gasteiger partial charge is 0.138 e. The van der Waals surface area contributed by atoms with E-state index in [1.807, 2.05) is 31.2 Å². The number of aryl methyl sites for hydroxylation is 1. The number of nitrogens with one attached hydrogen (secondary N) is 1. The van der Waals surface area contributed by atoms with Crippen molar-refractivity contribution < 1.29 is 0 Å². The zero-order valence-electron chi connectivity index (χ0n) is 10.2. The maximum atomic E-state index is 6.00. The zero-order valence-corrected chi connectivity index (χ0v) is 12.5. The highest BCUT2D eigenvalue weighted by molar-refractivity contribution is 9.10. The first-order valence-corrected chi connectivity index (χ1v) is 6.93. The Kier molecular flexibility index (Phi) is 2.99. The number of aromatic amines is 1. The van der Waals surface area contributed by atoms with E-state index in [1.165, 1.54) is 0 Å². The fraction of sp³-hybridized carbons (Fsp3) is 0.0714. The van der Waals surface area contributed by atoms with E-state index >= 15 is 0 Å². The number of hydrogen-bond donors (Lipinski definition) is 2. The molecule has 3 aromatic rings. The van der Waals surface area contributed by atoms with Crippen LogP contribution < -0.4 is 5.73 Å². The van der Waals surface area contributed by atoms with E-state index in [1.54, 1.807) is 6.07 Å². The molecule has 0 bridgehead atoms. The van der Waals surface area contributed by atoms with Crippen molar-refractivity contribution in [3.8, 4) is 11.4 Å². The van der Waals surface area contributed by atoms with Gasteiger partial charge in [-0.05, 0) is 36.8 Å². The quantitative estimate of drug-likeness (QED) is 0.641. The summed E-state index contributed by atoms with van der Waals surface area (Å²) in [6, 6.07) is 9.62. The third-order valence-electron chi connectivity index (χ3n) is 3.04. The van der Waals surface area contributed by atoms with Crippen LogP contribution in [-0.4, -0.2) is 9.97 Å². The molecule has 2 aromatic carbocycles. The summed E-state index contributed by atoms with van der Waals surface area (Å²) >= 11 is 9.48. The Hall–Kier alpha value is -1.52. The molecule has 1 aromatic heterocycles. The van der Waals surface area contributed by atoms with E-state index in [0.717, 1.165) is 32.5 Å². The van der Waals surface area contributed by atoms with Crippen molar-refractivity contribution in [2.45, 2.75) is 6.92 Å². The van der Waals surface area contributed by atoms with Crippen LogP contribution in [0.5, 0.6) is 0 Å². The van der Waals surface area contributed by atoms with Crippen molar-refractivity contribution in [1.82, 2.24) is 9.97 Å². The molecule has 3 N–H and O–H groups in total. The number of H-pyrrole nitrogens is 1. The Balaban J connectivity index is 2.26. The highest BCUT2D eigenvalue weighted by Crippen LogP contribution is 2.30. The number of hydrogen-bond acceptors (Lipinski definition) is 2. The average Bonchev–Trinajstić information content (AvgIpc) is 2.76. The van der Waals surface area contributed by atoms with Gasteiger partial charge in [0.15, 0.2) is 0 Å². The lowest BCUT2D eigenvalue weighted by Gasteiger charge is -2.02. The van der Waals surface area contributed by atoms with Gasteiger partial charge in [-0.3, -0.25) is 0 Å². The molecule has 3 nitrogen and oxygen atoms in total. The lowest BCUT2D eigenvalue weighted by molar-refractivity contribution is 1.30. The molecule has 5 heteroatoms. The van der Waals surface area contributed by atoms with Gasteiger partial charge in [-0.25, -0.2) is 4.98 Å². The van der Waals surface area contributed by atoms with Gasteiger partial charge >= 0.3 is 0 Å². The molecule has 0 fully saturated rings. The Morgan fingerprint density at radius 1 is 1.26 bits per heavy atom. The minimum absolute atomic E-state index is 0.581. The van der Waals surface area contributed by atoms with Crippen molar-refractivity contribution >= 4 is 44.3 Å². The Bertz CT molecular complexity index is 780. The van der Waals surface area contributed by atoms with Crippen LogP contribution in [0.4, 0.5) is 5.69 Å². The molecular formula is C14H11BrClN3. The molecule has 0 aliphatic carbocycles. The van der Waals surface area contributed by atoms with Crippen LogP contribution in [0.1, 0.15) is 5.56 Å². The predicted octanol–water partition coefficient (Wildman–Crippen LogP) is 4.54. The number of fused-ring (bicyclic) bond motifs is 1. The molecule has 0 atom stereocenters. The van der Waals surface area contributed by atoms with Crippen LogP contribution in [-0.2, 0) is 0 Å². The average molecular weight is 337 g/mol. The summed E-state index contributed by atoms with van der Waals surface area (Å²) in [6.07, 6.45) is 0. The lowest BCUT2D eigenvalue weighted by Crippen LogP contribution is -1.87. The van der Waals surface area contributed by atoms with E-state index in [0.29, 0.717) is 10.7 Å². The van der Waals surface area contributed by atoms with Crippen molar-refractivity contribution in [3.63, 3.8) is 0 Å². The van der Waals surface area contributed by atoms with Gasteiger partial charge in [0, 0.05) is 15.1 Å². The molecule has 0 saturated carbocycles. The molecule has 0 saturated heterocycles.